The van der Waals surface area contributed by atoms with Crippen molar-refractivity contribution < 1.29 is 4.79 Å². The van der Waals surface area contributed by atoms with Gasteiger partial charge in [0.1, 0.15) is 11.5 Å². The molecule has 1 amide bonds. The van der Waals surface area contributed by atoms with Crippen LogP contribution in [0.15, 0.2) is 24.3 Å². The standard InChI is InChI=1S/C12H12Cl2N4OS/c1-18(6-7-2-4-9(14)20-7)12(19)11-8(13)3-5-10(16-11)17-15/h2-5H,6,15H2,1H3,(H,16,17). The molecule has 0 fully saturated rings. The predicted octanol–water partition coefficient (Wildman–Crippen LogP) is 3.01. The number of hydrogen-bond donors (Lipinski definition) is 2. The molecule has 0 spiro atoms. The lowest BCUT2D eigenvalue weighted by Crippen LogP contribution is -2.27. The lowest BCUT2D eigenvalue weighted by molar-refractivity contribution is 0.0781. The van der Waals surface area contributed by atoms with Crippen LogP contribution in [0, 0.1) is 0 Å². The van der Waals surface area contributed by atoms with Crippen LogP contribution in [0.25, 0.3) is 0 Å². The summed E-state index contributed by atoms with van der Waals surface area (Å²) in [4.78, 5) is 18.9. The van der Waals surface area contributed by atoms with Crippen molar-refractivity contribution in [3.05, 3.63) is 44.2 Å². The SMILES string of the molecule is CN(Cc1ccc(Cl)s1)C(=O)c1nc(NN)ccc1Cl. The number of amides is 1. The summed E-state index contributed by atoms with van der Waals surface area (Å²) in [5.74, 6) is 5.38. The summed E-state index contributed by atoms with van der Waals surface area (Å²) < 4.78 is 0.686. The largest absolute Gasteiger partial charge is 0.335 e. The van der Waals surface area contributed by atoms with E-state index in [0.29, 0.717) is 16.7 Å². The summed E-state index contributed by atoms with van der Waals surface area (Å²) in [5.41, 5.74) is 2.55. The Labute approximate surface area is 130 Å². The maximum atomic E-state index is 12.3. The van der Waals surface area contributed by atoms with E-state index in [0.717, 1.165) is 4.88 Å². The Morgan fingerprint density at radius 1 is 1.40 bits per heavy atom. The van der Waals surface area contributed by atoms with E-state index in [9.17, 15) is 4.79 Å². The molecule has 2 heterocycles. The summed E-state index contributed by atoms with van der Waals surface area (Å²) in [5, 5.41) is 0.282. The number of anilines is 1. The third-order valence-corrected chi connectivity index (χ3v) is 4.09. The second-order valence-corrected chi connectivity index (χ2v) is 6.25. The average molecular weight is 331 g/mol. The Hall–Kier alpha value is -1.34. The Balaban J connectivity index is 2.17. The van der Waals surface area contributed by atoms with Crippen LogP contribution in [0.2, 0.25) is 9.36 Å². The number of hydrazine groups is 1. The van der Waals surface area contributed by atoms with E-state index in [2.05, 4.69) is 10.4 Å². The van der Waals surface area contributed by atoms with Crippen molar-refractivity contribution in [2.24, 2.45) is 5.84 Å². The normalized spacial score (nSPS) is 10.4. The summed E-state index contributed by atoms with van der Waals surface area (Å²) in [7, 11) is 1.68. The fourth-order valence-electron chi connectivity index (χ4n) is 1.60. The molecule has 0 aliphatic heterocycles. The fourth-order valence-corrected chi connectivity index (χ4v) is 2.92. The molecule has 0 saturated carbocycles. The molecule has 0 atom stereocenters. The predicted molar refractivity (Wildman–Crippen MR) is 82.2 cm³/mol. The van der Waals surface area contributed by atoms with Crippen LogP contribution >= 0.6 is 34.5 Å². The number of nitrogens with zero attached hydrogens (tertiary/aromatic N) is 2. The van der Waals surface area contributed by atoms with Gasteiger partial charge in [-0.25, -0.2) is 10.8 Å². The van der Waals surface area contributed by atoms with Crippen molar-refractivity contribution in [1.82, 2.24) is 9.88 Å². The van der Waals surface area contributed by atoms with Crippen molar-refractivity contribution in [3.63, 3.8) is 0 Å². The molecule has 5 nitrogen and oxygen atoms in total. The van der Waals surface area contributed by atoms with E-state index in [-0.39, 0.29) is 16.6 Å². The highest BCUT2D eigenvalue weighted by Crippen LogP contribution is 2.24. The number of carbonyl (C=O) groups is 1. The van der Waals surface area contributed by atoms with Crippen LogP contribution in [-0.4, -0.2) is 22.8 Å². The Morgan fingerprint density at radius 3 is 2.75 bits per heavy atom. The summed E-state index contributed by atoms with van der Waals surface area (Å²) in [6, 6.07) is 6.85. The Kier molecular flexibility index (Phi) is 4.82. The van der Waals surface area contributed by atoms with Gasteiger partial charge in [-0.15, -0.1) is 11.3 Å². The number of nitrogens with one attached hydrogen (secondary N) is 1. The molecule has 20 heavy (non-hydrogen) atoms. The van der Waals surface area contributed by atoms with Gasteiger partial charge in [0.2, 0.25) is 0 Å². The summed E-state index contributed by atoms with van der Waals surface area (Å²) >= 11 is 13.3. The van der Waals surface area contributed by atoms with Crippen LogP contribution in [0.3, 0.4) is 0 Å². The number of aromatic nitrogens is 1. The first-order valence-electron chi connectivity index (χ1n) is 5.64. The quantitative estimate of drug-likeness (QED) is 0.667. The van der Waals surface area contributed by atoms with Crippen LogP contribution in [0.1, 0.15) is 15.4 Å². The van der Waals surface area contributed by atoms with Crippen LogP contribution in [0.4, 0.5) is 5.82 Å². The Bertz CT molecular complexity index is 632. The highest BCUT2D eigenvalue weighted by Gasteiger charge is 2.18. The first-order valence-corrected chi connectivity index (χ1v) is 7.21. The maximum Gasteiger partial charge on any atom is 0.274 e. The second-order valence-electron chi connectivity index (χ2n) is 4.04. The van der Waals surface area contributed by atoms with Crippen molar-refractivity contribution in [3.8, 4) is 0 Å². The molecule has 0 saturated heterocycles. The van der Waals surface area contributed by atoms with Crippen LogP contribution in [-0.2, 0) is 6.54 Å². The molecule has 0 aliphatic rings. The minimum atomic E-state index is -0.281. The average Bonchev–Trinajstić information content (AvgIpc) is 2.84. The molecule has 106 valence electrons. The molecule has 2 rings (SSSR count). The van der Waals surface area contributed by atoms with Crippen molar-refractivity contribution in [1.29, 1.82) is 0 Å². The van der Waals surface area contributed by atoms with Gasteiger partial charge in [0.25, 0.3) is 5.91 Å². The first-order chi connectivity index (χ1) is 9.51. The number of thiophene rings is 1. The molecule has 0 radical (unpaired) electrons. The zero-order valence-electron chi connectivity index (χ0n) is 10.6. The molecule has 2 aromatic rings. The number of nitrogen functional groups attached to an aromatic ring is 1. The fraction of sp³-hybridized carbons (Fsp3) is 0.167. The van der Waals surface area contributed by atoms with Gasteiger partial charge in [0, 0.05) is 11.9 Å². The van der Waals surface area contributed by atoms with Gasteiger partial charge in [0.05, 0.1) is 15.9 Å². The molecular formula is C12H12Cl2N4OS. The van der Waals surface area contributed by atoms with Crippen molar-refractivity contribution in [2.75, 3.05) is 12.5 Å². The maximum absolute atomic E-state index is 12.3. The number of halogens is 2. The molecule has 0 unspecified atom stereocenters. The van der Waals surface area contributed by atoms with E-state index in [1.807, 2.05) is 6.07 Å². The minimum Gasteiger partial charge on any atom is -0.335 e. The van der Waals surface area contributed by atoms with Gasteiger partial charge in [-0.2, -0.15) is 0 Å². The lowest BCUT2D eigenvalue weighted by atomic mass is 10.3. The third kappa shape index (κ3) is 3.40. The number of pyridine rings is 1. The van der Waals surface area contributed by atoms with Gasteiger partial charge < -0.3 is 10.3 Å². The van der Waals surface area contributed by atoms with Crippen LogP contribution < -0.4 is 11.3 Å². The first kappa shape index (κ1) is 15.1. The van der Waals surface area contributed by atoms with E-state index in [1.165, 1.54) is 16.2 Å². The summed E-state index contributed by atoms with van der Waals surface area (Å²) in [6.07, 6.45) is 0. The second kappa shape index (κ2) is 6.41. The van der Waals surface area contributed by atoms with E-state index in [4.69, 9.17) is 29.0 Å². The Morgan fingerprint density at radius 2 is 2.15 bits per heavy atom. The number of nitrogens with two attached hydrogens (primary N) is 1. The topological polar surface area (TPSA) is 71.2 Å². The highest BCUT2D eigenvalue weighted by atomic mass is 35.5. The van der Waals surface area contributed by atoms with Crippen molar-refractivity contribution in [2.45, 2.75) is 6.54 Å². The number of carbonyl (C=O) groups excluding carboxylic acids is 1. The molecule has 8 heteroatoms. The molecule has 2 aromatic heterocycles. The molecule has 0 aromatic carbocycles. The molecule has 0 aliphatic carbocycles. The number of rotatable bonds is 4. The van der Waals surface area contributed by atoms with E-state index in [1.54, 1.807) is 25.2 Å². The van der Waals surface area contributed by atoms with Gasteiger partial charge >= 0.3 is 0 Å². The smallest absolute Gasteiger partial charge is 0.274 e. The van der Waals surface area contributed by atoms with Crippen molar-refractivity contribution >= 4 is 46.3 Å². The highest BCUT2D eigenvalue weighted by molar-refractivity contribution is 7.16. The molecule has 3 N–H and O–H groups in total. The van der Waals surface area contributed by atoms with Gasteiger partial charge in [-0.05, 0) is 24.3 Å². The zero-order chi connectivity index (χ0) is 14.7. The molecule has 0 bridgehead atoms. The minimum absolute atomic E-state index is 0.160. The number of hydrogen-bond acceptors (Lipinski definition) is 5. The van der Waals surface area contributed by atoms with Gasteiger partial charge in [-0.1, -0.05) is 23.2 Å². The van der Waals surface area contributed by atoms with Gasteiger partial charge in [0.15, 0.2) is 0 Å². The molecular weight excluding hydrogens is 319 g/mol. The van der Waals surface area contributed by atoms with E-state index < -0.39 is 0 Å². The monoisotopic (exact) mass is 330 g/mol. The third-order valence-electron chi connectivity index (χ3n) is 2.57. The van der Waals surface area contributed by atoms with Gasteiger partial charge in [-0.3, -0.25) is 4.79 Å². The zero-order valence-corrected chi connectivity index (χ0v) is 12.9. The lowest BCUT2D eigenvalue weighted by Gasteiger charge is -2.16. The van der Waals surface area contributed by atoms with Crippen LogP contribution in [0.5, 0.6) is 0 Å². The van der Waals surface area contributed by atoms with E-state index >= 15 is 0 Å². The summed E-state index contributed by atoms with van der Waals surface area (Å²) in [6.45, 7) is 0.439.